The van der Waals surface area contributed by atoms with Crippen LogP contribution in [-0.4, -0.2) is 35.5 Å². The summed E-state index contributed by atoms with van der Waals surface area (Å²) in [5, 5.41) is 11.8. The lowest BCUT2D eigenvalue weighted by atomic mass is 10.0. The van der Waals surface area contributed by atoms with Gasteiger partial charge >= 0.3 is 5.97 Å². The Bertz CT molecular complexity index is 684. The molecule has 1 amide bonds. The Morgan fingerprint density at radius 3 is 2.25 bits per heavy atom. The van der Waals surface area contributed by atoms with Gasteiger partial charge in [-0.3, -0.25) is 9.69 Å². The largest absolute Gasteiger partial charge is 0.478 e. The highest BCUT2D eigenvalue weighted by molar-refractivity contribution is 5.87. The Morgan fingerprint density at radius 1 is 1.08 bits per heavy atom. The van der Waals surface area contributed by atoms with E-state index in [4.69, 9.17) is 5.11 Å². The first kappa shape index (κ1) is 17.7. The third-order valence-corrected chi connectivity index (χ3v) is 3.97. The molecule has 2 aromatic rings. The summed E-state index contributed by atoms with van der Waals surface area (Å²) in [6.45, 7) is 3.12. The first-order chi connectivity index (χ1) is 11.5. The molecule has 0 saturated carbocycles. The van der Waals surface area contributed by atoms with Crippen LogP contribution in [0.3, 0.4) is 0 Å². The molecule has 5 nitrogen and oxygen atoms in total. The summed E-state index contributed by atoms with van der Waals surface area (Å²) in [7, 11) is 1.92. The van der Waals surface area contributed by atoms with E-state index in [1.165, 1.54) is 12.1 Å². The number of nitrogens with one attached hydrogen (secondary N) is 1. The predicted molar refractivity (Wildman–Crippen MR) is 92.7 cm³/mol. The Kier molecular flexibility index (Phi) is 6.09. The number of benzene rings is 2. The maximum Gasteiger partial charge on any atom is 0.335 e. The number of carboxylic acids is 1. The first-order valence-corrected chi connectivity index (χ1v) is 7.88. The molecular formula is C19H22N2O3. The number of amides is 1. The van der Waals surface area contributed by atoms with Gasteiger partial charge in [-0.1, -0.05) is 49.4 Å². The van der Waals surface area contributed by atoms with Crippen molar-refractivity contribution in [2.24, 2.45) is 0 Å². The fourth-order valence-electron chi connectivity index (χ4n) is 2.47. The number of aromatic carboxylic acids is 1. The average Bonchev–Trinajstić information content (AvgIpc) is 2.61. The lowest BCUT2D eigenvalue weighted by molar-refractivity contribution is -0.126. The minimum Gasteiger partial charge on any atom is -0.478 e. The number of carbonyl (C=O) groups excluding carboxylic acids is 1. The zero-order valence-electron chi connectivity index (χ0n) is 13.9. The standard InChI is InChI=1S/C19H22N2O3/c1-3-21(2)17(15-7-5-4-6-8-15)18(22)20-13-14-9-11-16(12-10-14)19(23)24/h4-12,17H,3,13H2,1-2H3,(H,20,22)(H,23,24). The highest BCUT2D eigenvalue weighted by Gasteiger charge is 2.23. The van der Waals surface area contributed by atoms with Gasteiger partial charge in [-0.25, -0.2) is 4.79 Å². The van der Waals surface area contributed by atoms with Crippen molar-refractivity contribution in [2.45, 2.75) is 19.5 Å². The Morgan fingerprint density at radius 2 is 1.71 bits per heavy atom. The number of likely N-dealkylation sites (N-methyl/N-ethyl adjacent to an activating group) is 1. The van der Waals surface area contributed by atoms with Crippen LogP contribution < -0.4 is 5.32 Å². The topological polar surface area (TPSA) is 69.6 Å². The van der Waals surface area contributed by atoms with Crippen LogP contribution >= 0.6 is 0 Å². The molecule has 0 aliphatic rings. The normalized spacial score (nSPS) is 12.0. The Labute approximate surface area is 141 Å². The van der Waals surface area contributed by atoms with Crippen LogP contribution in [0.1, 0.15) is 34.5 Å². The third-order valence-electron chi connectivity index (χ3n) is 3.97. The van der Waals surface area contributed by atoms with Crippen molar-refractivity contribution in [2.75, 3.05) is 13.6 Å². The molecule has 0 saturated heterocycles. The van der Waals surface area contributed by atoms with Crippen molar-refractivity contribution in [1.82, 2.24) is 10.2 Å². The monoisotopic (exact) mass is 326 g/mol. The minimum atomic E-state index is -0.959. The maximum atomic E-state index is 12.6. The SMILES string of the molecule is CCN(C)C(C(=O)NCc1ccc(C(=O)O)cc1)c1ccccc1. The Hall–Kier alpha value is -2.66. The van der Waals surface area contributed by atoms with Crippen LogP contribution in [0.15, 0.2) is 54.6 Å². The summed E-state index contributed by atoms with van der Waals surface area (Å²) < 4.78 is 0. The molecule has 126 valence electrons. The molecular weight excluding hydrogens is 304 g/mol. The van der Waals surface area contributed by atoms with E-state index in [9.17, 15) is 9.59 Å². The van der Waals surface area contributed by atoms with Gasteiger partial charge in [-0.15, -0.1) is 0 Å². The summed E-state index contributed by atoms with van der Waals surface area (Å²) in [6.07, 6.45) is 0. The van der Waals surface area contributed by atoms with Crippen molar-refractivity contribution in [3.63, 3.8) is 0 Å². The van der Waals surface area contributed by atoms with E-state index in [-0.39, 0.29) is 17.5 Å². The number of carbonyl (C=O) groups is 2. The molecule has 0 aromatic heterocycles. The number of nitrogens with zero attached hydrogens (tertiary/aromatic N) is 1. The molecule has 24 heavy (non-hydrogen) atoms. The molecule has 5 heteroatoms. The van der Waals surface area contributed by atoms with Gasteiger partial charge in [-0.05, 0) is 36.9 Å². The van der Waals surface area contributed by atoms with Crippen LogP contribution in [0.2, 0.25) is 0 Å². The molecule has 2 aromatic carbocycles. The molecule has 0 spiro atoms. The summed E-state index contributed by atoms with van der Waals surface area (Å²) in [5.74, 6) is -1.04. The van der Waals surface area contributed by atoms with Crippen LogP contribution in [0, 0.1) is 0 Å². The lowest BCUT2D eigenvalue weighted by Crippen LogP contribution is -2.38. The molecule has 0 heterocycles. The van der Waals surface area contributed by atoms with Crippen LogP contribution in [0.25, 0.3) is 0 Å². The number of hydrogen-bond acceptors (Lipinski definition) is 3. The molecule has 1 atom stereocenters. The van der Waals surface area contributed by atoms with Crippen LogP contribution in [0.4, 0.5) is 0 Å². The minimum absolute atomic E-state index is 0.0761. The second-order valence-electron chi connectivity index (χ2n) is 5.61. The van der Waals surface area contributed by atoms with Gasteiger partial charge in [0.25, 0.3) is 0 Å². The van der Waals surface area contributed by atoms with E-state index in [1.54, 1.807) is 12.1 Å². The van der Waals surface area contributed by atoms with Crippen molar-refractivity contribution in [3.8, 4) is 0 Å². The van der Waals surface area contributed by atoms with E-state index in [0.717, 1.165) is 17.7 Å². The quantitative estimate of drug-likeness (QED) is 0.821. The van der Waals surface area contributed by atoms with Gasteiger partial charge in [0.2, 0.25) is 5.91 Å². The van der Waals surface area contributed by atoms with Crippen molar-refractivity contribution >= 4 is 11.9 Å². The van der Waals surface area contributed by atoms with Crippen LogP contribution in [0.5, 0.6) is 0 Å². The average molecular weight is 326 g/mol. The number of rotatable bonds is 7. The molecule has 0 fully saturated rings. The number of carboxylic acid groups (broad SMARTS) is 1. The highest BCUT2D eigenvalue weighted by atomic mass is 16.4. The summed E-state index contributed by atoms with van der Waals surface area (Å²) in [4.78, 5) is 25.5. The lowest BCUT2D eigenvalue weighted by Gasteiger charge is -2.26. The van der Waals surface area contributed by atoms with Crippen molar-refractivity contribution in [1.29, 1.82) is 0 Å². The van der Waals surface area contributed by atoms with Gasteiger partial charge in [0, 0.05) is 6.54 Å². The predicted octanol–water partition coefficient (Wildman–Crippen LogP) is 2.69. The highest BCUT2D eigenvalue weighted by Crippen LogP contribution is 2.19. The van der Waals surface area contributed by atoms with Crippen molar-refractivity contribution < 1.29 is 14.7 Å². The fourth-order valence-corrected chi connectivity index (χ4v) is 2.47. The van der Waals surface area contributed by atoms with Gasteiger partial charge in [0.15, 0.2) is 0 Å². The van der Waals surface area contributed by atoms with Gasteiger partial charge in [0.05, 0.1) is 5.56 Å². The molecule has 0 radical (unpaired) electrons. The van der Waals surface area contributed by atoms with Gasteiger partial charge in [0.1, 0.15) is 6.04 Å². The summed E-state index contributed by atoms with van der Waals surface area (Å²) in [6, 6.07) is 15.8. The smallest absolute Gasteiger partial charge is 0.335 e. The van der Waals surface area contributed by atoms with E-state index in [1.807, 2.05) is 49.2 Å². The zero-order valence-corrected chi connectivity index (χ0v) is 13.9. The second kappa shape index (κ2) is 8.26. The molecule has 2 rings (SSSR count). The second-order valence-corrected chi connectivity index (χ2v) is 5.61. The molecule has 0 aliphatic heterocycles. The first-order valence-electron chi connectivity index (χ1n) is 7.88. The van der Waals surface area contributed by atoms with E-state index in [0.29, 0.717) is 6.54 Å². The molecule has 1 unspecified atom stereocenters. The molecule has 2 N–H and O–H groups in total. The Balaban J connectivity index is 2.06. The number of hydrogen-bond donors (Lipinski definition) is 2. The maximum absolute atomic E-state index is 12.6. The molecule has 0 bridgehead atoms. The summed E-state index contributed by atoms with van der Waals surface area (Å²) in [5.41, 5.74) is 2.04. The van der Waals surface area contributed by atoms with Gasteiger partial charge in [-0.2, -0.15) is 0 Å². The van der Waals surface area contributed by atoms with E-state index in [2.05, 4.69) is 5.32 Å². The molecule has 0 aliphatic carbocycles. The van der Waals surface area contributed by atoms with Crippen molar-refractivity contribution in [3.05, 3.63) is 71.3 Å². The zero-order chi connectivity index (χ0) is 17.5. The third kappa shape index (κ3) is 4.43. The van der Waals surface area contributed by atoms with E-state index < -0.39 is 5.97 Å². The fraction of sp³-hybridized carbons (Fsp3) is 0.263. The van der Waals surface area contributed by atoms with Crippen LogP contribution in [-0.2, 0) is 11.3 Å². The van der Waals surface area contributed by atoms with E-state index >= 15 is 0 Å². The summed E-state index contributed by atoms with van der Waals surface area (Å²) >= 11 is 0. The van der Waals surface area contributed by atoms with Gasteiger partial charge < -0.3 is 10.4 Å².